The largest absolute Gasteiger partial charge is 0.465 e. The van der Waals surface area contributed by atoms with Gasteiger partial charge in [-0.15, -0.1) is 0 Å². The molecule has 120 valence electrons. The van der Waals surface area contributed by atoms with Crippen molar-refractivity contribution in [1.82, 2.24) is 0 Å². The second-order valence-electron chi connectivity index (χ2n) is 5.71. The van der Waals surface area contributed by atoms with Crippen LogP contribution in [-0.2, 0) is 9.53 Å². The van der Waals surface area contributed by atoms with Gasteiger partial charge in [-0.1, -0.05) is 74.5 Å². The first-order chi connectivity index (χ1) is 11.1. The Kier molecular flexibility index (Phi) is 6.16. The SMILES string of the molecule is C=C(c1ccccc1)c1cccc(C(C)C(=O)OCCCC)c1. The number of unbranched alkanes of at least 4 members (excludes halogenated alkanes) is 1. The van der Waals surface area contributed by atoms with Crippen LogP contribution in [-0.4, -0.2) is 12.6 Å². The maximum atomic E-state index is 12.1. The fraction of sp³-hybridized carbons (Fsp3) is 0.286. The molecule has 0 saturated carbocycles. The van der Waals surface area contributed by atoms with E-state index in [2.05, 4.69) is 13.5 Å². The molecule has 0 bridgehead atoms. The zero-order valence-electron chi connectivity index (χ0n) is 13.9. The van der Waals surface area contributed by atoms with Gasteiger partial charge in [0.1, 0.15) is 0 Å². The minimum atomic E-state index is -0.268. The molecular formula is C21H24O2. The van der Waals surface area contributed by atoms with E-state index in [-0.39, 0.29) is 11.9 Å². The number of rotatable bonds is 7. The quantitative estimate of drug-likeness (QED) is 0.519. The molecule has 0 heterocycles. The Bertz CT molecular complexity index is 659. The second-order valence-corrected chi connectivity index (χ2v) is 5.71. The summed E-state index contributed by atoms with van der Waals surface area (Å²) in [5, 5.41) is 0. The summed E-state index contributed by atoms with van der Waals surface area (Å²) in [4.78, 5) is 12.1. The van der Waals surface area contributed by atoms with Gasteiger partial charge in [-0.2, -0.15) is 0 Å². The van der Waals surface area contributed by atoms with E-state index in [0.717, 1.165) is 35.1 Å². The van der Waals surface area contributed by atoms with E-state index in [0.29, 0.717) is 6.61 Å². The number of carbonyl (C=O) groups is 1. The van der Waals surface area contributed by atoms with E-state index in [1.165, 1.54) is 0 Å². The van der Waals surface area contributed by atoms with Gasteiger partial charge in [0, 0.05) is 0 Å². The van der Waals surface area contributed by atoms with Gasteiger partial charge in [0.25, 0.3) is 0 Å². The van der Waals surface area contributed by atoms with Crippen molar-refractivity contribution in [3.05, 3.63) is 77.9 Å². The average molecular weight is 308 g/mol. The molecule has 2 heteroatoms. The van der Waals surface area contributed by atoms with Crippen molar-refractivity contribution in [2.75, 3.05) is 6.61 Å². The molecule has 2 rings (SSSR count). The molecule has 0 aliphatic heterocycles. The summed E-state index contributed by atoms with van der Waals surface area (Å²) < 4.78 is 5.32. The molecule has 0 aliphatic rings. The third-order valence-corrected chi connectivity index (χ3v) is 3.95. The van der Waals surface area contributed by atoms with Crippen LogP contribution in [0.2, 0.25) is 0 Å². The van der Waals surface area contributed by atoms with Crippen LogP contribution in [0.25, 0.3) is 5.57 Å². The third-order valence-electron chi connectivity index (χ3n) is 3.95. The number of benzene rings is 2. The molecular weight excluding hydrogens is 284 g/mol. The Morgan fingerprint density at radius 1 is 1.09 bits per heavy atom. The topological polar surface area (TPSA) is 26.3 Å². The molecule has 2 aromatic carbocycles. The summed E-state index contributed by atoms with van der Waals surface area (Å²) in [7, 11) is 0. The molecule has 0 aliphatic carbocycles. The Morgan fingerprint density at radius 2 is 1.78 bits per heavy atom. The van der Waals surface area contributed by atoms with E-state index in [1.54, 1.807) is 0 Å². The molecule has 0 aromatic heterocycles. The highest BCUT2D eigenvalue weighted by molar-refractivity contribution is 5.81. The van der Waals surface area contributed by atoms with Gasteiger partial charge in [-0.05, 0) is 35.6 Å². The average Bonchev–Trinajstić information content (AvgIpc) is 2.61. The summed E-state index contributed by atoms with van der Waals surface area (Å²) in [6.07, 6.45) is 1.93. The summed E-state index contributed by atoms with van der Waals surface area (Å²) >= 11 is 0. The standard InChI is InChI=1S/C21H24O2/c1-4-5-14-23-21(22)17(3)20-13-9-12-19(15-20)16(2)18-10-7-6-8-11-18/h6-13,15,17H,2,4-5,14H2,1,3H3. The van der Waals surface area contributed by atoms with Crippen LogP contribution in [0, 0.1) is 0 Å². The van der Waals surface area contributed by atoms with Gasteiger partial charge in [0.2, 0.25) is 0 Å². The maximum Gasteiger partial charge on any atom is 0.313 e. The predicted molar refractivity (Wildman–Crippen MR) is 95.3 cm³/mol. The summed E-state index contributed by atoms with van der Waals surface area (Å²) in [5.41, 5.74) is 4.03. The molecule has 2 nitrogen and oxygen atoms in total. The van der Waals surface area contributed by atoms with Crippen molar-refractivity contribution in [2.45, 2.75) is 32.6 Å². The summed E-state index contributed by atoms with van der Waals surface area (Å²) in [6.45, 7) is 8.65. The number of ether oxygens (including phenoxy) is 1. The zero-order chi connectivity index (χ0) is 16.7. The highest BCUT2D eigenvalue weighted by atomic mass is 16.5. The van der Waals surface area contributed by atoms with Crippen LogP contribution in [0.15, 0.2) is 61.2 Å². The number of esters is 1. The van der Waals surface area contributed by atoms with E-state index in [9.17, 15) is 4.79 Å². The highest BCUT2D eigenvalue weighted by Gasteiger charge is 2.17. The monoisotopic (exact) mass is 308 g/mol. The fourth-order valence-corrected chi connectivity index (χ4v) is 2.38. The molecule has 0 amide bonds. The molecule has 2 aromatic rings. The first-order valence-corrected chi connectivity index (χ1v) is 8.14. The fourth-order valence-electron chi connectivity index (χ4n) is 2.38. The van der Waals surface area contributed by atoms with Gasteiger partial charge in [-0.25, -0.2) is 0 Å². The molecule has 0 fully saturated rings. The molecule has 0 radical (unpaired) electrons. The van der Waals surface area contributed by atoms with Gasteiger partial charge in [-0.3, -0.25) is 4.79 Å². The van der Waals surface area contributed by atoms with Crippen molar-refractivity contribution in [2.24, 2.45) is 0 Å². The third kappa shape index (κ3) is 4.56. The summed E-state index contributed by atoms with van der Waals surface area (Å²) in [5.74, 6) is -0.434. The van der Waals surface area contributed by atoms with Crippen molar-refractivity contribution in [1.29, 1.82) is 0 Å². The molecule has 0 spiro atoms. The summed E-state index contributed by atoms with van der Waals surface area (Å²) in [6, 6.07) is 18.0. The predicted octanol–water partition coefficient (Wildman–Crippen LogP) is 5.19. The molecule has 0 N–H and O–H groups in total. The zero-order valence-corrected chi connectivity index (χ0v) is 13.9. The first-order valence-electron chi connectivity index (χ1n) is 8.14. The lowest BCUT2D eigenvalue weighted by atomic mass is 9.94. The molecule has 1 atom stereocenters. The lowest BCUT2D eigenvalue weighted by Crippen LogP contribution is -2.14. The number of hydrogen-bond donors (Lipinski definition) is 0. The Hall–Kier alpha value is -2.35. The van der Waals surface area contributed by atoms with Crippen molar-refractivity contribution < 1.29 is 9.53 Å². The van der Waals surface area contributed by atoms with Gasteiger partial charge >= 0.3 is 5.97 Å². The smallest absolute Gasteiger partial charge is 0.313 e. The lowest BCUT2D eigenvalue weighted by Gasteiger charge is -2.14. The van der Waals surface area contributed by atoms with Crippen LogP contribution in [0.5, 0.6) is 0 Å². The van der Waals surface area contributed by atoms with E-state index < -0.39 is 0 Å². The highest BCUT2D eigenvalue weighted by Crippen LogP contribution is 2.25. The van der Waals surface area contributed by atoms with Crippen LogP contribution in [0.1, 0.15) is 49.3 Å². The first kappa shape index (κ1) is 17.0. The number of carbonyl (C=O) groups excluding carboxylic acids is 1. The van der Waals surface area contributed by atoms with Crippen LogP contribution >= 0.6 is 0 Å². The van der Waals surface area contributed by atoms with Gasteiger partial charge in [0.15, 0.2) is 0 Å². The Balaban J connectivity index is 2.13. The Morgan fingerprint density at radius 3 is 2.48 bits per heavy atom. The van der Waals surface area contributed by atoms with Crippen LogP contribution in [0.4, 0.5) is 0 Å². The molecule has 23 heavy (non-hydrogen) atoms. The lowest BCUT2D eigenvalue weighted by molar-refractivity contribution is -0.145. The van der Waals surface area contributed by atoms with E-state index >= 15 is 0 Å². The van der Waals surface area contributed by atoms with E-state index in [1.807, 2.05) is 61.5 Å². The molecule has 0 saturated heterocycles. The van der Waals surface area contributed by atoms with Crippen molar-refractivity contribution >= 4 is 11.5 Å². The Labute approximate surface area is 138 Å². The number of hydrogen-bond acceptors (Lipinski definition) is 2. The van der Waals surface area contributed by atoms with Gasteiger partial charge in [0.05, 0.1) is 12.5 Å². The van der Waals surface area contributed by atoms with Crippen LogP contribution in [0.3, 0.4) is 0 Å². The minimum Gasteiger partial charge on any atom is -0.465 e. The van der Waals surface area contributed by atoms with Crippen molar-refractivity contribution in [3.8, 4) is 0 Å². The normalized spacial score (nSPS) is 11.7. The van der Waals surface area contributed by atoms with Crippen molar-refractivity contribution in [3.63, 3.8) is 0 Å². The van der Waals surface area contributed by atoms with Gasteiger partial charge < -0.3 is 4.74 Å². The maximum absolute atomic E-state index is 12.1. The molecule has 1 unspecified atom stereocenters. The van der Waals surface area contributed by atoms with Crippen LogP contribution < -0.4 is 0 Å². The van der Waals surface area contributed by atoms with E-state index in [4.69, 9.17) is 4.74 Å². The minimum absolute atomic E-state index is 0.166. The second kappa shape index (κ2) is 8.33.